The van der Waals surface area contributed by atoms with E-state index in [1.807, 2.05) is 0 Å². The van der Waals surface area contributed by atoms with Crippen molar-refractivity contribution in [2.24, 2.45) is 0 Å². The van der Waals surface area contributed by atoms with Crippen LogP contribution in [0.15, 0.2) is 41.3 Å². The zero-order valence-corrected chi connectivity index (χ0v) is 16.6. The van der Waals surface area contributed by atoms with Crippen LogP contribution in [-0.4, -0.2) is 36.6 Å². The van der Waals surface area contributed by atoms with Crippen molar-refractivity contribution in [3.63, 3.8) is 0 Å². The van der Waals surface area contributed by atoms with E-state index in [9.17, 15) is 27.7 Å². The summed E-state index contributed by atoms with van der Waals surface area (Å²) in [5.41, 5.74) is -0.831. The Hall–Kier alpha value is -2.56. The predicted molar refractivity (Wildman–Crippen MR) is 103 cm³/mol. The van der Waals surface area contributed by atoms with E-state index in [4.69, 9.17) is 11.6 Å². The Morgan fingerprint density at radius 2 is 1.86 bits per heavy atom. The van der Waals surface area contributed by atoms with Gasteiger partial charge in [-0.15, -0.1) is 0 Å². The average molecular weight is 430 g/mol. The van der Waals surface area contributed by atoms with Crippen molar-refractivity contribution in [1.82, 2.24) is 4.31 Å². The minimum absolute atomic E-state index is 0.0128. The topological polar surface area (TPSA) is 110 Å². The number of carbonyl (C=O) groups is 1. The molecule has 0 saturated carbocycles. The molecule has 0 heterocycles. The summed E-state index contributed by atoms with van der Waals surface area (Å²) in [5, 5.41) is 13.1. The molecule has 2 aromatic carbocycles. The van der Waals surface area contributed by atoms with Crippen LogP contribution in [0.1, 0.15) is 24.2 Å². The van der Waals surface area contributed by atoms with Gasteiger partial charge in [0.1, 0.15) is 4.90 Å². The molecule has 0 atom stereocenters. The molecule has 0 fully saturated rings. The lowest BCUT2D eigenvalue weighted by Crippen LogP contribution is -2.31. The molecule has 2 rings (SSSR count). The number of hydrogen-bond donors (Lipinski definition) is 1. The number of nitro groups is 1. The molecule has 11 heteroatoms. The molecule has 0 saturated heterocycles. The van der Waals surface area contributed by atoms with Crippen LogP contribution in [0.5, 0.6) is 0 Å². The van der Waals surface area contributed by atoms with Crippen molar-refractivity contribution in [2.45, 2.75) is 18.7 Å². The van der Waals surface area contributed by atoms with E-state index in [2.05, 4.69) is 5.32 Å². The number of benzene rings is 2. The van der Waals surface area contributed by atoms with Gasteiger partial charge >= 0.3 is 5.69 Å². The van der Waals surface area contributed by atoms with E-state index in [0.717, 1.165) is 24.3 Å². The Kier molecular flexibility index (Phi) is 6.70. The van der Waals surface area contributed by atoms with Crippen LogP contribution < -0.4 is 5.32 Å². The van der Waals surface area contributed by atoms with Crippen LogP contribution >= 0.6 is 11.6 Å². The van der Waals surface area contributed by atoms with Crippen LogP contribution in [-0.2, 0) is 10.0 Å². The lowest BCUT2D eigenvalue weighted by molar-refractivity contribution is -0.387. The number of sulfonamides is 1. The largest absolute Gasteiger partial charge is 0.322 e. The van der Waals surface area contributed by atoms with E-state index in [1.54, 1.807) is 13.8 Å². The number of hydrogen-bond acceptors (Lipinski definition) is 5. The van der Waals surface area contributed by atoms with Crippen LogP contribution in [0.4, 0.5) is 15.8 Å². The van der Waals surface area contributed by atoms with Crippen molar-refractivity contribution in [3.8, 4) is 0 Å². The first kappa shape index (κ1) is 21.7. The van der Waals surface area contributed by atoms with Crippen LogP contribution in [0.3, 0.4) is 0 Å². The smallest absolute Gasteiger partial charge is 0.306 e. The number of anilines is 1. The van der Waals surface area contributed by atoms with Gasteiger partial charge in [-0.05, 0) is 30.3 Å². The summed E-state index contributed by atoms with van der Waals surface area (Å²) in [4.78, 5) is 22.1. The van der Waals surface area contributed by atoms with Gasteiger partial charge in [0.25, 0.3) is 5.91 Å². The van der Waals surface area contributed by atoms with Gasteiger partial charge in [-0.25, -0.2) is 8.42 Å². The summed E-state index contributed by atoms with van der Waals surface area (Å²) in [6.07, 6.45) is 0. The first-order valence-electron chi connectivity index (χ1n) is 8.16. The Labute approximate surface area is 166 Å². The second-order valence-corrected chi connectivity index (χ2v) is 7.93. The van der Waals surface area contributed by atoms with Crippen LogP contribution in [0.25, 0.3) is 0 Å². The Balaban J connectivity index is 2.38. The molecule has 0 radical (unpaired) electrons. The standard InChI is InChI=1S/C17H17ClFN3O5S/c1-3-21(4-2)28(26,27)16-9-11(5-7-13(16)18)17(23)20-12-6-8-14(19)15(10-12)22(24)25/h5-10H,3-4H2,1-2H3,(H,20,23). The van der Waals surface area contributed by atoms with Crippen molar-refractivity contribution in [2.75, 3.05) is 18.4 Å². The van der Waals surface area contributed by atoms with E-state index >= 15 is 0 Å². The van der Waals surface area contributed by atoms with Crippen molar-refractivity contribution >= 4 is 38.9 Å². The molecule has 0 aliphatic rings. The van der Waals surface area contributed by atoms with Crippen molar-refractivity contribution in [3.05, 3.63) is 62.9 Å². The van der Waals surface area contributed by atoms with Gasteiger partial charge in [-0.2, -0.15) is 8.70 Å². The maximum Gasteiger partial charge on any atom is 0.306 e. The number of carbonyl (C=O) groups excluding carboxylic acids is 1. The fourth-order valence-corrected chi connectivity index (χ4v) is 4.44. The maximum absolute atomic E-state index is 13.4. The molecule has 0 spiro atoms. The van der Waals surface area contributed by atoms with Gasteiger partial charge in [-0.3, -0.25) is 14.9 Å². The third kappa shape index (κ3) is 4.46. The maximum atomic E-state index is 13.4. The van der Waals surface area contributed by atoms with Gasteiger partial charge in [0, 0.05) is 30.4 Å². The Bertz CT molecular complexity index is 1030. The summed E-state index contributed by atoms with van der Waals surface area (Å²) in [7, 11) is -3.90. The second kappa shape index (κ2) is 8.63. The highest BCUT2D eigenvalue weighted by atomic mass is 35.5. The lowest BCUT2D eigenvalue weighted by Gasteiger charge is -2.19. The van der Waals surface area contributed by atoms with E-state index in [-0.39, 0.29) is 34.3 Å². The number of nitrogens with zero attached hydrogens (tertiary/aromatic N) is 2. The third-order valence-corrected chi connectivity index (χ3v) is 6.45. The zero-order chi connectivity index (χ0) is 21.1. The first-order chi connectivity index (χ1) is 13.1. The fraction of sp³-hybridized carbons (Fsp3) is 0.235. The molecule has 150 valence electrons. The Morgan fingerprint density at radius 3 is 2.43 bits per heavy atom. The minimum Gasteiger partial charge on any atom is -0.322 e. The molecular formula is C17H17ClFN3O5S. The highest BCUT2D eigenvalue weighted by Gasteiger charge is 2.25. The van der Waals surface area contributed by atoms with E-state index in [0.29, 0.717) is 0 Å². The summed E-state index contributed by atoms with van der Waals surface area (Å²) in [6.45, 7) is 3.80. The number of halogens is 2. The van der Waals surface area contributed by atoms with Gasteiger partial charge in [0.05, 0.1) is 9.95 Å². The highest BCUT2D eigenvalue weighted by molar-refractivity contribution is 7.89. The summed E-state index contributed by atoms with van der Waals surface area (Å²) in [5.74, 6) is -1.77. The molecule has 0 aliphatic heterocycles. The fourth-order valence-electron chi connectivity index (χ4n) is 2.48. The predicted octanol–water partition coefficient (Wildman–Crippen LogP) is 3.67. The number of rotatable bonds is 7. The van der Waals surface area contributed by atoms with Crippen molar-refractivity contribution < 1.29 is 22.5 Å². The average Bonchev–Trinajstić information content (AvgIpc) is 2.64. The molecule has 28 heavy (non-hydrogen) atoms. The van der Waals surface area contributed by atoms with Crippen molar-refractivity contribution in [1.29, 1.82) is 0 Å². The van der Waals surface area contributed by atoms with E-state index in [1.165, 1.54) is 16.4 Å². The molecule has 1 amide bonds. The third-order valence-electron chi connectivity index (χ3n) is 3.92. The zero-order valence-electron chi connectivity index (χ0n) is 15.0. The van der Waals surface area contributed by atoms with Gasteiger partial charge in [-0.1, -0.05) is 25.4 Å². The SMILES string of the molecule is CCN(CC)S(=O)(=O)c1cc(C(=O)Nc2ccc(F)c([N+](=O)[O-])c2)ccc1Cl. The first-order valence-corrected chi connectivity index (χ1v) is 9.98. The number of amides is 1. The highest BCUT2D eigenvalue weighted by Crippen LogP contribution is 2.27. The molecule has 0 aliphatic carbocycles. The molecule has 2 aromatic rings. The molecule has 8 nitrogen and oxygen atoms in total. The monoisotopic (exact) mass is 429 g/mol. The number of nitrogens with one attached hydrogen (secondary N) is 1. The minimum atomic E-state index is -3.90. The summed E-state index contributed by atoms with van der Waals surface area (Å²) in [6, 6.07) is 6.60. The van der Waals surface area contributed by atoms with Crippen LogP contribution in [0, 0.1) is 15.9 Å². The summed E-state index contributed by atoms with van der Waals surface area (Å²) >= 11 is 6.02. The molecule has 0 aromatic heterocycles. The Morgan fingerprint density at radius 1 is 1.21 bits per heavy atom. The number of nitro benzene ring substituents is 1. The molecule has 0 unspecified atom stereocenters. The molecular weight excluding hydrogens is 413 g/mol. The van der Waals surface area contributed by atoms with Crippen LogP contribution in [0.2, 0.25) is 5.02 Å². The quantitative estimate of drug-likeness (QED) is 0.533. The normalized spacial score (nSPS) is 11.5. The molecule has 0 bridgehead atoms. The van der Waals surface area contributed by atoms with E-state index < -0.39 is 32.4 Å². The molecule has 1 N–H and O–H groups in total. The van der Waals surface area contributed by atoms with Gasteiger partial charge in [0.15, 0.2) is 0 Å². The second-order valence-electron chi connectivity index (χ2n) is 5.61. The van der Waals surface area contributed by atoms with Gasteiger partial charge in [0.2, 0.25) is 15.8 Å². The summed E-state index contributed by atoms with van der Waals surface area (Å²) < 4.78 is 40.0. The van der Waals surface area contributed by atoms with Gasteiger partial charge < -0.3 is 5.32 Å². The lowest BCUT2D eigenvalue weighted by atomic mass is 10.2.